The Morgan fingerprint density at radius 1 is 1.10 bits per heavy atom. The standard InChI is InChI=1S/C17H17FN2O/c18-15-6-4-13(5-7-15)16-3-1-2-12-20(16)17(21)14-8-10-19-11-9-14/h4-11,16H,1-3,12H2/t16-/m1/s1. The van der Waals surface area contributed by atoms with Gasteiger partial charge in [0.15, 0.2) is 0 Å². The van der Waals surface area contributed by atoms with Crippen molar-refractivity contribution in [3.8, 4) is 0 Å². The highest BCUT2D eigenvalue weighted by Crippen LogP contribution is 2.32. The average molecular weight is 284 g/mol. The second-order valence-corrected chi connectivity index (χ2v) is 5.30. The minimum atomic E-state index is -0.249. The zero-order valence-corrected chi connectivity index (χ0v) is 11.7. The minimum absolute atomic E-state index is 0.0198. The third-order valence-corrected chi connectivity index (χ3v) is 3.95. The fraction of sp³-hybridized carbons (Fsp3) is 0.294. The number of likely N-dealkylation sites (tertiary alicyclic amines) is 1. The van der Waals surface area contributed by atoms with Gasteiger partial charge in [0.1, 0.15) is 5.82 Å². The van der Waals surface area contributed by atoms with Gasteiger partial charge in [-0.3, -0.25) is 9.78 Å². The van der Waals surface area contributed by atoms with Gasteiger partial charge in [-0.2, -0.15) is 0 Å². The maximum absolute atomic E-state index is 13.1. The van der Waals surface area contributed by atoms with Crippen molar-refractivity contribution < 1.29 is 9.18 Å². The summed E-state index contributed by atoms with van der Waals surface area (Å²) in [5.74, 6) is -0.229. The molecule has 2 heterocycles. The van der Waals surface area contributed by atoms with Crippen molar-refractivity contribution in [1.82, 2.24) is 9.88 Å². The molecule has 4 heteroatoms. The third kappa shape index (κ3) is 2.94. The van der Waals surface area contributed by atoms with Crippen LogP contribution in [-0.4, -0.2) is 22.3 Å². The van der Waals surface area contributed by atoms with E-state index in [0.29, 0.717) is 5.56 Å². The molecule has 0 saturated carbocycles. The van der Waals surface area contributed by atoms with Crippen molar-refractivity contribution >= 4 is 5.91 Å². The van der Waals surface area contributed by atoms with E-state index in [0.717, 1.165) is 31.4 Å². The second kappa shape index (κ2) is 6.04. The van der Waals surface area contributed by atoms with Crippen LogP contribution in [0.4, 0.5) is 4.39 Å². The summed E-state index contributed by atoms with van der Waals surface area (Å²) in [6, 6.07) is 9.96. The molecule has 1 aromatic carbocycles. The summed E-state index contributed by atoms with van der Waals surface area (Å²) in [6.45, 7) is 0.739. The van der Waals surface area contributed by atoms with E-state index < -0.39 is 0 Å². The molecule has 21 heavy (non-hydrogen) atoms. The minimum Gasteiger partial charge on any atom is -0.332 e. The first-order chi connectivity index (χ1) is 10.3. The van der Waals surface area contributed by atoms with Gasteiger partial charge in [-0.15, -0.1) is 0 Å². The molecule has 0 bridgehead atoms. The largest absolute Gasteiger partial charge is 0.332 e. The highest BCUT2D eigenvalue weighted by molar-refractivity contribution is 5.94. The van der Waals surface area contributed by atoms with Crippen LogP contribution in [0, 0.1) is 5.82 Å². The van der Waals surface area contributed by atoms with Gasteiger partial charge in [0.25, 0.3) is 5.91 Å². The van der Waals surface area contributed by atoms with Crippen LogP contribution in [0.1, 0.15) is 41.2 Å². The Hall–Kier alpha value is -2.23. The van der Waals surface area contributed by atoms with Crippen molar-refractivity contribution in [2.45, 2.75) is 25.3 Å². The number of halogens is 1. The number of aromatic nitrogens is 1. The van der Waals surface area contributed by atoms with Gasteiger partial charge in [-0.05, 0) is 49.1 Å². The van der Waals surface area contributed by atoms with Crippen LogP contribution in [0.15, 0.2) is 48.8 Å². The van der Waals surface area contributed by atoms with E-state index in [4.69, 9.17) is 0 Å². The zero-order chi connectivity index (χ0) is 14.7. The number of pyridine rings is 1. The molecule has 0 N–H and O–H groups in total. The van der Waals surface area contributed by atoms with Gasteiger partial charge in [-0.25, -0.2) is 4.39 Å². The van der Waals surface area contributed by atoms with Crippen molar-refractivity contribution in [3.63, 3.8) is 0 Å². The molecule has 0 unspecified atom stereocenters. The number of rotatable bonds is 2. The lowest BCUT2D eigenvalue weighted by atomic mass is 9.94. The average Bonchev–Trinajstić information content (AvgIpc) is 2.56. The quantitative estimate of drug-likeness (QED) is 0.844. The highest BCUT2D eigenvalue weighted by atomic mass is 19.1. The zero-order valence-electron chi connectivity index (χ0n) is 11.7. The molecule has 1 aliphatic rings. The lowest BCUT2D eigenvalue weighted by Gasteiger charge is -2.36. The topological polar surface area (TPSA) is 33.2 Å². The molecule has 1 amide bonds. The molecule has 1 saturated heterocycles. The fourth-order valence-electron chi connectivity index (χ4n) is 2.87. The molecule has 0 spiro atoms. The molecule has 1 aliphatic heterocycles. The summed E-state index contributed by atoms with van der Waals surface area (Å²) in [7, 11) is 0. The van der Waals surface area contributed by atoms with Crippen molar-refractivity contribution in [1.29, 1.82) is 0 Å². The lowest BCUT2D eigenvalue weighted by molar-refractivity contribution is 0.0611. The Bertz CT molecular complexity index is 612. The van der Waals surface area contributed by atoms with Gasteiger partial charge in [-0.1, -0.05) is 12.1 Å². The normalized spacial score (nSPS) is 18.5. The van der Waals surface area contributed by atoms with Gasteiger partial charge in [0, 0.05) is 24.5 Å². The molecule has 108 valence electrons. The molecular weight excluding hydrogens is 267 g/mol. The van der Waals surface area contributed by atoms with Crippen LogP contribution in [-0.2, 0) is 0 Å². The Morgan fingerprint density at radius 3 is 2.52 bits per heavy atom. The first-order valence-electron chi connectivity index (χ1n) is 7.22. The molecule has 0 radical (unpaired) electrons. The molecule has 0 aliphatic carbocycles. The number of nitrogens with zero attached hydrogens (tertiary/aromatic N) is 2. The smallest absolute Gasteiger partial charge is 0.254 e. The van der Waals surface area contributed by atoms with Crippen LogP contribution in [0.3, 0.4) is 0 Å². The predicted molar refractivity (Wildman–Crippen MR) is 78.3 cm³/mol. The second-order valence-electron chi connectivity index (χ2n) is 5.30. The fourth-order valence-corrected chi connectivity index (χ4v) is 2.87. The SMILES string of the molecule is O=C(c1ccncc1)N1CCCC[C@@H]1c1ccc(F)cc1. The maximum atomic E-state index is 13.1. The number of hydrogen-bond acceptors (Lipinski definition) is 2. The molecular formula is C17H17FN2O. The molecule has 1 atom stereocenters. The maximum Gasteiger partial charge on any atom is 0.254 e. The summed E-state index contributed by atoms with van der Waals surface area (Å²) in [6.07, 6.45) is 6.27. The molecule has 1 aromatic heterocycles. The highest BCUT2D eigenvalue weighted by Gasteiger charge is 2.28. The third-order valence-electron chi connectivity index (χ3n) is 3.95. The van der Waals surface area contributed by atoms with Gasteiger partial charge < -0.3 is 4.90 Å². The van der Waals surface area contributed by atoms with E-state index in [9.17, 15) is 9.18 Å². The first kappa shape index (κ1) is 13.7. The molecule has 3 nitrogen and oxygen atoms in total. The summed E-state index contributed by atoms with van der Waals surface area (Å²) in [4.78, 5) is 18.5. The number of hydrogen-bond donors (Lipinski definition) is 0. The summed E-state index contributed by atoms with van der Waals surface area (Å²) < 4.78 is 13.1. The summed E-state index contributed by atoms with van der Waals surface area (Å²) in [5, 5.41) is 0. The predicted octanol–water partition coefficient (Wildman–Crippen LogP) is 3.59. The van der Waals surface area contributed by atoms with Crippen molar-refractivity contribution in [2.75, 3.05) is 6.54 Å². The monoisotopic (exact) mass is 284 g/mol. The van der Waals surface area contributed by atoms with Gasteiger partial charge in [0.05, 0.1) is 6.04 Å². The van der Waals surface area contributed by atoms with Crippen LogP contribution < -0.4 is 0 Å². The van der Waals surface area contributed by atoms with E-state index in [1.165, 1.54) is 12.1 Å². The van der Waals surface area contributed by atoms with E-state index in [1.54, 1.807) is 36.7 Å². The number of carbonyl (C=O) groups is 1. The lowest BCUT2D eigenvalue weighted by Crippen LogP contribution is -2.38. The Kier molecular flexibility index (Phi) is 3.95. The Balaban J connectivity index is 1.88. The van der Waals surface area contributed by atoms with Crippen molar-refractivity contribution in [2.24, 2.45) is 0 Å². The van der Waals surface area contributed by atoms with Crippen LogP contribution in [0.25, 0.3) is 0 Å². The molecule has 3 rings (SSSR count). The number of carbonyl (C=O) groups excluding carboxylic acids is 1. The number of amides is 1. The van der Waals surface area contributed by atoms with Crippen LogP contribution >= 0.6 is 0 Å². The van der Waals surface area contributed by atoms with Gasteiger partial charge >= 0.3 is 0 Å². The summed E-state index contributed by atoms with van der Waals surface area (Å²) in [5.41, 5.74) is 1.65. The molecule has 2 aromatic rings. The number of benzene rings is 1. The van der Waals surface area contributed by atoms with E-state index in [1.807, 2.05) is 4.90 Å². The van der Waals surface area contributed by atoms with E-state index in [2.05, 4.69) is 4.98 Å². The first-order valence-corrected chi connectivity index (χ1v) is 7.22. The van der Waals surface area contributed by atoms with Crippen molar-refractivity contribution in [3.05, 3.63) is 65.7 Å². The summed E-state index contributed by atoms with van der Waals surface area (Å²) >= 11 is 0. The van der Waals surface area contributed by atoms with Crippen LogP contribution in [0.2, 0.25) is 0 Å². The van der Waals surface area contributed by atoms with E-state index >= 15 is 0 Å². The Morgan fingerprint density at radius 2 is 1.81 bits per heavy atom. The van der Waals surface area contributed by atoms with Gasteiger partial charge in [0.2, 0.25) is 0 Å². The number of piperidine rings is 1. The van der Waals surface area contributed by atoms with E-state index in [-0.39, 0.29) is 17.8 Å². The Labute approximate surface area is 123 Å². The molecule has 1 fully saturated rings. The van der Waals surface area contributed by atoms with Crippen LogP contribution in [0.5, 0.6) is 0 Å².